The minimum Gasteiger partial charge on any atom is -0.427 e. The van der Waals surface area contributed by atoms with E-state index in [0.29, 0.717) is 4.13 Å². The molecule has 0 heterocycles. The number of hydrogen-bond donors (Lipinski definition) is 1. The zero-order chi connectivity index (χ0) is 16.5. The maximum absolute atomic E-state index is 12.1. The molecule has 0 atom stereocenters. The number of nitrogens with one attached hydrogen (secondary N) is 1. The Morgan fingerprint density at radius 1 is 1.09 bits per heavy atom. The number of rotatable bonds is 4. The number of esters is 1. The molecule has 0 aliphatic rings. The van der Waals surface area contributed by atoms with Crippen LogP contribution in [0.25, 0.3) is 0 Å². The SMILES string of the molecule is CC(=O)Oc1ccc(S(=O)(=O)NS(=O)(=O)C(F)(F)F)cc1.[K]. The number of sulfonamides is 2. The van der Waals surface area contributed by atoms with Crippen LogP contribution in [0.2, 0.25) is 0 Å². The molecule has 0 fully saturated rings. The van der Waals surface area contributed by atoms with Crippen molar-refractivity contribution < 1.29 is 39.5 Å². The molecule has 13 heteroatoms. The van der Waals surface area contributed by atoms with E-state index in [-0.39, 0.29) is 57.1 Å². The molecule has 1 N–H and O–H groups in total. The van der Waals surface area contributed by atoms with E-state index in [2.05, 4.69) is 4.74 Å². The van der Waals surface area contributed by atoms with Crippen molar-refractivity contribution in [1.29, 1.82) is 0 Å². The van der Waals surface area contributed by atoms with Gasteiger partial charge in [-0.1, -0.05) is 4.13 Å². The number of carbonyl (C=O) groups excluding carboxylic acids is 1. The zero-order valence-electron chi connectivity index (χ0n) is 11.2. The van der Waals surface area contributed by atoms with Crippen LogP contribution >= 0.6 is 0 Å². The summed E-state index contributed by atoms with van der Waals surface area (Å²) < 4.78 is 86.1. The summed E-state index contributed by atoms with van der Waals surface area (Å²) in [6, 6.07) is 3.53. The van der Waals surface area contributed by atoms with Crippen molar-refractivity contribution in [2.45, 2.75) is 17.3 Å². The number of halogens is 3. The second-order valence-corrected chi connectivity index (χ2v) is 7.22. The van der Waals surface area contributed by atoms with Gasteiger partial charge in [0.05, 0.1) is 4.90 Å². The monoisotopic (exact) mass is 386 g/mol. The predicted octanol–water partition coefficient (Wildman–Crippen LogP) is 0.359. The Bertz CT molecular complexity index is 743. The average Bonchev–Trinajstić information content (AvgIpc) is 2.25. The van der Waals surface area contributed by atoms with Gasteiger partial charge in [-0.15, -0.1) is 0 Å². The first kappa shape index (κ1) is 22.0. The minimum absolute atomic E-state index is 0. The quantitative estimate of drug-likeness (QED) is 0.455. The largest absolute Gasteiger partial charge is 0.512 e. The molecule has 7 nitrogen and oxygen atoms in total. The summed E-state index contributed by atoms with van der Waals surface area (Å²) in [4.78, 5) is 9.89. The molecule has 0 spiro atoms. The topological polar surface area (TPSA) is 107 Å². The first-order valence-corrected chi connectivity index (χ1v) is 7.95. The van der Waals surface area contributed by atoms with Crippen molar-refractivity contribution in [1.82, 2.24) is 4.13 Å². The van der Waals surface area contributed by atoms with E-state index in [1.807, 2.05) is 0 Å². The summed E-state index contributed by atoms with van der Waals surface area (Å²) in [5, 5.41) is 0. The minimum atomic E-state index is -6.06. The van der Waals surface area contributed by atoms with Gasteiger partial charge in [0.25, 0.3) is 10.0 Å². The van der Waals surface area contributed by atoms with E-state index in [1.165, 1.54) is 0 Å². The number of ether oxygens (including phenoxy) is 1. The fourth-order valence-corrected chi connectivity index (χ4v) is 3.51. The Labute approximate surface area is 166 Å². The standard InChI is InChI=1S/C9H8F3NO6S2.K/c1-6(14)19-7-2-4-8(5-3-7)20(15,16)13-21(17,18)9(10,11)12;/h2-5,13H,1H3;. The summed E-state index contributed by atoms with van der Waals surface area (Å²) in [7, 11) is -11.0. The third-order valence-electron chi connectivity index (χ3n) is 1.92. The summed E-state index contributed by atoms with van der Waals surface area (Å²) in [5.41, 5.74) is -5.77. The van der Waals surface area contributed by atoms with Crippen molar-refractivity contribution in [2.24, 2.45) is 0 Å². The third kappa shape index (κ3) is 5.88. The molecular weight excluding hydrogens is 378 g/mol. The first-order valence-electron chi connectivity index (χ1n) is 4.98. The Morgan fingerprint density at radius 2 is 1.55 bits per heavy atom. The van der Waals surface area contributed by atoms with Crippen molar-refractivity contribution in [2.75, 3.05) is 0 Å². The molecule has 0 aliphatic heterocycles. The molecule has 0 aliphatic carbocycles. The van der Waals surface area contributed by atoms with E-state index in [4.69, 9.17) is 0 Å². The van der Waals surface area contributed by atoms with Crippen LogP contribution < -0.4 is 8.86 Å². The molecule has 1 radical (unpaired) electrons. The molecule has 119 valence electrons. The van der Waals surface area contributed by atoms with Crippen LogP contribution in [0.15, 0.2) is 29.2 Å². The molecule has 1 aromatic rings. The van der Waals surface area contributed by atoms with Crippen LogP contribution in [0.1, 0.15) is 6.92 Å². The van der Waals surface area contributed by atoms with E-state index < -0.39 is 36.4 Å². The second-order valence-electron chi connectivity index (χ2n) is 3.60. The van der Waals surface area contributed by atoms with Crippen LogP contribution in [0.4, 0.5) is 13.2 Å². The molecule has 0 saturated heterocycles. The summed E-state index contributed by atoms with van der Waals surface area (Å²) in [6.45, 7) is 1.09. The summed E-state index contributed by atoms with van der Waals surface area (Å²) in [5.74, 6) is -0.747. The molecule has 0 unspecified atom stereocenters. The maximum atomic E-state index is 12.1. The van der Waals surface area contributed by atoms with Gasteiger partial charge in [-0.2, -0.15) is 13.2 Å². The normalized spacial score (nSPS) is 12.4. The number of alkyl halides is 3. The van der Waals surface area contributed by atoms with Crippen molar-refractivity contribution in [3.05, 3.63) is 24.3 Å². The van der Waals surface area contributed by atoms with Gasteiger partial charge in [0, 0.05) is 58.3 Å². The molecular formula is C9H8F3KNO6S2. The van der Waals surface area contributed by atoms with Gasteiger partial charge in [-0.05, 0) is 24.3 Å². The molecule has 0 amide bonds. The van der Waals surface area contributed by atoms with Gasteiger partial charge in [-0.25, -0.2) is 16.8 Å². The number of carbonyl (C=O) groups is 1. The van der Waals surface area contributed by atoms with E-state index in [9.17, 15) is 34.8 Å². The Kier molecular flexibility index (Phi) is 7.69. The Hall–Kier alpha value is -0.0236. The molecule has 1 aromatic carbocycles. The van der Waals surface area contributed by atoms with Crippen LogP contribution in [0, 0.1) is 0 Å². The van der Waals surface area contributed by atoms with E-state index >= 15 is 0 Å². The van der Waals surface area contributed by atoms with Crippen molar-refractivity contribution in [3.63, 3.8) is 0 Å². The maximum Gasteiger partial charge on any atom is 0.512 e. The van der Waals surface area contributed by atoms with Crippen LogP contribution in [-0.4, -0.2) is 79.7 Å². The predicted molar refractivity (Wildman–Crippen MR) is 68.8 cm³/mol. The first-order chi connectivity index (χ1) is 9.35. The molecule has 1 rings (SSSR count). The number of benzene rings is 1. The van der Waals surface area contributed by atoms with Gasteiger partial charge in [0.15, 0.2) is 0 Å². The zero-order valence-corrected chi connectivity index (χ0v) is 16.0. The van der Waals surface area contributed by atoms with Gasteiger partial charge in [0.1, 0.15) is 5.75 Å². The molecule has 0 aromatic heterocycles. The van der Waals surface area contributed by atoms with Crippen molar-refractivity contribution >= 4 is 77.4 Å². The van der Waals surface area contributed by atoms with Crippen LogP contribution in [0.3, 0.4) is 0 Å². The van der Waals surface area contributed by atoms with Gasteiger partial charge in [0.2, 0.25) is 0 Å². The molecule has 0 bridgehead atoms. The van der Waals surface area contributed by atoms with Crippen LogP contribution in [0.5, 0.6) is 5.75 Å². The summed E-state index contributed by atoms with van der Waals surface area (Å²) in [6.07, 6.45) is 0. The van der Waals surface area contributed by atoms with Gasteiger partial charge in [-0.3, -0.25) is 4.79 Å². The smallest absolute Gasteiger partial charge is 0.427 e. The third-order valence-corrected chi connectivity index (χ3v) is 5.18. The molecule has 22 heavy (non-hydrogen) atoms. The van der Waals surface area contributed by atoms with Gasteiger partial charge >= 0.3 is 21.5 Å². The van der Waals surface area contributed by atoms with Gasteiger partial charge < -0.3 is 4.74 Å². The van der Waals surface area contributed by atoms with E-state index in [0.717, 1.165) is 31.2 Å². The van der Waals surface area contributed by atoms with E-state index in [1.54, 1.807) is 0 Å². The molecule has 0 saturated carbocycles. The Morgan fingerprint density at radius 3 is 1.91 bits per heavy atom. The number of hydrogen-bond acceptors (Lipinski definition) is 6. The summed E-state index contributed by atoms with van der Waals surface area (Å²) >= 11 is 0. The Balaban J connectivity index is 0.00000441. The van der Waals surface area contributed by atoms with Crippen molar-refractivity contribution in [3.8, 4) is 5.75 Å². The fraction of sp³-hybridized carbons (Fsp3) is 0.222. The second kappa shape index (κ2) is 7.70. The van der Waals surface area contributed by atoms with Crippen LogP contribution in [-0.2, 0) is 24.8 Å². The average molecular weight is 386 g/mol. The fourth-order valence-electron chi connectivity index (χ4n) is 1.09.